The first-order valence-electron chi connectivity index (χ1n) is 5.65. The lowest BCUT2D eigenvalue weighted by Crippen LogP contribution is -2.25. The van der Waals surface area contributed by atoms with Crippen LogP contribution < -0.4 is 4.90 Å². The van der Waals surface area contributed by atoms with E-state index in [1.807, 2.05) is 18.2 Å². The quantitative estimate of drug-likeness (QED) is 0.748. The van der Waals surface area contributed by atoms with E-state index < -0.39 is 0 Å². The van der Waals surface area contributed by atoms with Crippen LogP contribution in [0, 0.1) is 11.3 Å². The lowest BCUT2D eigenvalue weighted by molar-refractivity contribution is 0.824. The van der Waals surface area contributed by atoms with Crippen LogP contribution in [0.3, 0.4) is 0 Å². The number of hydrogen-bond acceptors (Lipinski definition) is 2. The molecule has 0 radical (unpaired) electrons. The maximum absolute atomic E-state index is 9.17. The molecule has 2 rings (SSSR count). The summed E-state index contributed by atoms with van der Waals surface area (Å²) in [4.78, 5) is 2.32. The molecule has 0 aromatic heterocycles. The van der Waals surface area contributed by atoms with E-state index in [1.54, 1.807) is 0 Å². The molecule has 2 nitrogen and oxygen atoms in total. The minimum Gasteiger partial charge on any atom is -0.368 e. The fourth-order valence-electron chi connectivity index (χ4n) is 2.02. The van der Waals surface area contributed by atoms with Crippen molar-refractivity contribution in [2.75, 3.05) is 11.4 Å². The highest BCUT2D eigenvalue weighted by atomic mass is 35.5. The Hall–Kier alpha value is -1.20. The molecule has 0 heterocycles. The van der Waals surface area contributed by atoms with Gasteiger partial charge in [0.25, 0.3) is 0 Å². The summed E-state index contributed by atoms with van der Waals surface area (Å²) in [5.41, 5.74) is 2.81. The molecule has 1 aromatic rings. The van der Waals surface area contributed by atoms with Gasteiger partial charge in [0, 0.05) is 18.5 Å². The monoisotopic (exact) mass is 234 g/mol. The molecule has 0 amide bonds. The fraction of sp³-hybridized carbons (Fsp3) is 0.462. The van der Waals surface area contributed by atoms with E-state index in [1.165, 1.54) is 12.8 Å². The van der Waals surface area contributed by atoms with Crippen LogP contribution in [-0.4, -0.2) is 12.6 Å². The molecule has 0 saturated heterocycles. The van der Waals surface area contributed by atoms with Crippen LogP contribution in [0.15, 0.2) is 18.2 Å². The first-order valence-corrected chi connectivity index (χ1v) is 6.19. The molecule has 84 valence electrons. The molecule has 0 bridgehead atoms. The molecular weight excluding hydrogens is 220 g/mol. The lowest BCUT2D eigenvalue weighted by atomic mass is 10.1. The zero-order chi connectivity index (χ0) is 11.5. The van der Waals surface area contributed by atoms with Gasteiger partial charge in [-0.25, -0.2) is 0 Å². The van der Waals surface area contributed by atoms with E-state index >= 15 is 0 Å². The Morgan fingerprint density at radius 2 is 2.25 bits per heavy atom. The molecule has 1 aliphatic rings. The van der Waals surface area contributed by atoms with E-state index in [0.29, 0.717) is 11.9 Å². The normalized spacial score (nSPS) is 14.6. The summed E-state index contributed by atoms with van der Waals surface area (Å²) in [5.74, 6) is 0.463. The fourth-order valence-corrected chi connectivity index (χ4v) is 2.18. The van der Waals surface area contributed by atoms with Crippen LogP contribution in [0.4, 0.5) is 5.69 Å². The van der Waals surface area contributed by atoms with Crippen molar-refractivity contribution in [3.63, 3.8) is 0 Å². The van der Waals surface area contributed by atoms with E-state index in [0.717, 1.165) is 23.4 Å². The van der Waals surface area contributed by atoms with E-state index in [-0.39, 0.29) is 0 Å². The average molecular weight is 235 g/mol. The van der Waals surface area contributed by atoms with Crippen molar-refractivity contribution in [1.29, 1.82) is 5.26 Å². The van der Waals surface area contributed by atoms with Crippen molar-refractivity contribution in [2.45, 2.75) is 31.7 Å². The van der Waals surface area contributed by atoms with Gasteiger partial charge in [-0.05, 0) is 37.5 Å². The Bertz CT molecular complexity index is 418. The third-order valence-electron chi connectivity index (χ3n) is 2.97. The predicted octanol–water partition coefficient (Wildman–Crippen LogP) is 3.29. The van der Waals surface area contributed by atoms with Crippen molar-refractivity contribution in [2.24, 2.45) is 0 Å². The summed E-state index contributed by atoms with van der Waals surface area (Å²) in [5, 5.41) is 9.17. The van der Waals surface area contributed by atoms with Crippen molar-refractivity contribution in [3.8, 4) is 6.07 Å². The van der Waals surface area contributed by atoms with Gasteiger partial charge in [0.2, 0.25) is 0 Å². The van der Waals surface area contributed by atoms with Crippen molar-refractivity contribution < 1.29 is 0 Å². The Morgan fingerprint density at radius 3 is 2.75 bits per heavy atom. The third-order valence-corrected chi connectivity index (χ3v) is 3.28. The second kappa shape index (κ2) is 4.76. The molecule has 16 heavy (non-hydrogen) atoms. The van der Waals surface area contributed by atoms with E-state index in [2.05, 4.69) is 17.9 Å². The SMILES string of the molecule is CCN(c1ccc(CCl)cc1C#N)C1CC1. The maximum atomic E-state index is 9.17. The topological polar surface area (TPSA) is 27.0 Å². The van der Waals surface area contributed by atoms with Gasteiger partial charge < -0.3 is 4.90 Å². The average Bonchev–Trinajstić information content (AvgIpc) is 3.15. The maximum Gasteiger partial charge on any atom is 0.101 e. The van der Waals surface area contributed by atoms with Crippen molar-refractivity contribution in [3.05, 3.63) is 29.3 Å². The van der Waals surface area contributed by atoms with Crippen LogP contribution in [0.2, 0.25) is 0 Å². The third kappa shape index (κ3) is 2.15. The van der Waals surface area contributed by atoms with Gasteiger partial charge in [-0.2, -0.15) is 5.26 Å². The molecule has 1 fully saturated rings. The first kappa shape index (κ1) is 11.3. The van der Waals surface area contributed by atoms with Gasteiger partial charge in [-0.1, -0.05) is 6.07 Å². The number of anilines is 1. The smallest absolute Gasteiger partial charge is 0.101 e. The number of alkyl halides is 1. The number of hydrogen-bond donors (Lipinski definition) is 0. The van der Waals surface area contributed by atoms with Gasteiger partial charge in [0.15, 0.2) is 0 Å². The number of nitriles is 1. The van der Waals surface area contributed by atoms with E-state index in [4.69, 9.17) is 16.9 Å². The number of nitrogens with zero attached hydrogens (tertiary/aromatic N) is 2. The molecule has 0 aliphatic heterocycles. The number of benzene rings is 1. The minimum atomic E-state index is 0.463. The summed E-state index contributed by atoms with van der Waals surface area (Å²) in [6, 6.07) is 8.84. The largest absolute Gasteiger partial charge is 0.368 e. The van der Waals surface area contributed by atoms with Gasteiger partial charge in [0.1, 0.15) is 6.07 Å². The lowest BCUT2D eigenvalue weighted by Gasteiger charge is -2.24. The number of halogens is 1. The predicted molar refractivity (Wildman–Crippen MR) is 66.8 cm³/mol. The second-order valence-electron chi connectivity index (χ2n) is 4.11. The molecule has 0 atom stereocenters. The highest BCUT2D eigenvalue weighted by Crippen LogP contribution is 2.33. The second-order valence-corrected chi connectivity index (χ2v) is 4.38. The molecule has 0 unspecified atom stereocenters. The van der Waals surface area contributed by atoms with Crippen LogP contribution in [0.25, 0.3) is 0 Å². The molecule has 1 aromatic carbocycles. The standard InChI is InChI=1S/C13H15ClN2/c1-2-16(12-4-5-12)13-6-3-10(8-14)7-11(13)9-15/h3,6-7,12H,2,4-5,8H2,1H3. The molecule has 0 spiro atoms. The number of rotatable bonds is 4. The van der Waals surface area contributed by atoms with Crippen molar-refractivity contribution >= 4 is 17.3 Å². The van der Waals surface area contributed by atoms with Gasteiger partial charge in [0.05, 0.1) is 11.3 Å². The summed E-state index contributed by atoms with van der Waals surface area (Å²) in [6.07, 6.45) is 2.49. The van der Waals surface area contributed by atoms with Gasteiger partial charge >= 0.3 is 0 Å². The molecular formula is C13H15ClN2. The minimum absolute atomic E-state index is 0.463. The Morgan fingerprint density at radius 1 is 1.50 bits per heavy atom. The van der Waals surface area contributed by atoms with Gasteiger partial charge in [-0.15, -0.1) is 11.6 Å². The Balaban J connectivity index is 2.35. The van der Waals surface area contributed by atoms with Crippen LogP contribution >= 0.6 is 11.6 Å². The Kier molecular flexibility index (Phi) is 3.36. The molecule has 1 saturated carbocycles. The Labute approximate surface area is 101 Å². The summed E-state index contributed by atoms with van der Waals surface area (Å²) < 4.78 is 0. The first-order chi connectivity index (χ1) is 7.80. The molecule has 3 heteroatoms. The highest BCUT2D eigenvalue weighted by Gasteiger charge is 2.29. The van der Waals surface area contributed by atoms with Crippen LogP contribution in [0.5, 0.6) is 0 Å². The summed E-state index contributed by atoms with van der Waals surface area (Å²) in [7, 11) is 0. The highest BCUT2D eigenvalue weighted by molar-refractivity contribution is 6.17. The van der Waals surface area contributed by atoms with Gasteiger partial charge in [-0.3, -0.25) is 0 Å². The van der Waals surface area contributed by atoms with Crippen molar-refractivity contribution in [1.82, 2.24) is 0 Å². The summed E-state index contributed by atoms with van der Waals surface area (Å²) >= 11 is 5.77. The summed E-state index contributed by atoms with van der Waals surface area (Å²) in [6.45, 7) is 3.09. The molecule has 0 N–H and O–H groups in total. The molecule has 1 aliphatic carbocycles. The van der Waals surface area contributed by atoms with E-state index in [9.17, 15) is 0 Å². The van der Waals surface area contributed by atoms with Crippen LogP contribution in [-0.2, 0) is 5.88 Å². The zero-order valence-corrected chi connectivity index (χ0v) is 10.2. The zero-order valence-electron chi connectivity index (χ0n) is 9.41. The van der Waals surface area contributed by atoms with Crippen LogP contribution in [0.1, 0.15) is 30.9 Å².